The minimum absolute atomic E-state index is 0.0625. The fourth-order valence-corrected chi connectivity index (χ4v) is 2.88. The fourth-order valence-electron chi connectivity index (χ4n) is 2.88. The van der Waals surface area contributed by atoms with Crippen LogP contribution in [-0.4, -0.2) is 53.4 Å². The Morgan fingerprint density at radius 2 is 2.32 bits per heavy atom. The highest BCUT2D eigenvalue weighted by Gasteiger charge is 2.31. The molecule has 1 aromatic rings. The molecule has 3 atom stereocenters. The van der Waals surface area contributed by atoms with Gasteiger partial charge in [0.1, 0.15) is 5.82 Å². The lowest BCUT2D eigenvalue weighted by atomic mass is 10.1. The molecule has 1 aliphatic heterocycles. The molecule has 0 spiro atoms. The number of hydrogen-bond acceptors (Lipinski definition) is 6. The SMILES string of the molecule is CCCC(C)N1CC(COC)OC(n2ccc(N)nc2=O)C1. The van der Waals surface area contributed by atoms with Gasteiger partial charge in [0.2, 0.25) is 0 Å². The summed E-state index contributed by atoms with van der Waals surface area (Å²) in [5, 5.41) is 0. The molecule has 0 aliphatic carbocycles. The summed E-state index contributed by atoms with van der Waals surface area (Å²) in [5.41, 5.74) is 5.17. The predicted octanol–water partition coefficient (Wildman–Crippen LogP) is 0.860. The molecule has 7 heteroatoms. The molecule has 0 aromatic carbocycles. The molecule has 2 heterocycles. The average Bonchev–Trinajstić information content (AvgIpc) is 2.47. The van der Waals surface area contributed by atoms with Gasteiger partial charge in [0.25, 0.3) is 0 Å². The van der Waals surface area contributed by atoms with Crippen LogP contribution in [0.2, 0.25) is 0 Å². The number of morpholine rings is 1. The first-order chi connectivity index (χ1) is 10.5. The first kappa shape index (κ1) is 16.9. The van der Waals surface area contributed by atoms with Gasteiger partial charge in [-0.05, 0) is 19.4 Å². The van der Waals surface area contributed by atoms with Gasteiger partial charge in [0.05, 0.1) is 12.7 Å². The van der Waals surface area contributed by atoms with E-state index >= 15 is 0 Å². The van der Waals surface area contributed by atoms with Crippen molar-refractivity contribution in [3.8, 4) is 0 Å². The van der Waals surface area contributed by atoms with E-state index in [9.17, 15) is 4.79 Å². The van der Waals surface area contributed by atoms with Crippen molar-refractivity contribution in [1.29, 1.82) is 0 Å². The zero-order valence-electron chi connectivity index (χ0n) is 13.6. The Morgan fingerprint density at radius 1 is 1.55 bits per heavy atom. The molecule has 1 aliphatic rings. The van der Waals surface area contributed by atoms with Gasteiger partial charge in [-0.1, -0.05) is 13.3 Å². The molecule has 2 rings (SSSR count). The van der Waals surface area contributed by atoms with Gasteiger partial charge in [-0.3, -0.25) is 9.47 Å². The predicted molar refractivity (Wildman–Crippen MR) is 84.6 cm³/mol. The Morgan fingerprint density at radius 3 is 2.95 bits per heavy atom. The molecule has 1 saturated heterocycles. The van der Waals surface area contributed by atoms with E-state index in [0.29, 0.717) is 19.2 Å². The number of nitrogen functional groups attached to an aromatic ring is 1. The highest BCUT2D eigenvalue weighted by atomic mass is 16.5. The van der Waals surface area contributed by atoms with E-state index in [1.165, 1.54) is 4.57 Å². The molecule has 0 bridgehead atoms. The maximum Gasteiger partial charge on any atom is 0.351 e. The number of ether oxygens (including phenoxy) is 2. The molecular formula is C15H26N4O3. The number of nitrogens with two attached hydrogens (primary N) is 1. The van der Waals surface area contributed by atoms with Crippen LogP contribution in [0.4, 0.5) is 5.82 Å². The molecule has 2 N–H and O–H groups in total. The molecule has 1 aromatic heterocycles. The van der Waals surface area contributed by atoms with E-state index in [-0.39, 0.29) is 23.8 Å². The molecule has 22 heavy (non-hydrogen) atoms. The van der Waals surface area contributed by atoms with Gasteiger partial charge in [-0.2, -0.15) is 4.98 Å². The number of hydrogen-bond donors (Lipinski definition) is 1. The second-order valence-corrected chi connectivity index (χ2v) is 5.80. The van der Waals surface area contributed by atoms with Crippen molar-refractivity contribution in [2.45, 2.75) is 45.1 Å². The second-order valence-electron chi connectivity index (χ2n) is 5.80. The first-order valence-electron chi connectivity index (χ1n) is 7.78. The average molecular weight is 310 g/mol. The molecule has 1 fully saturated rings. The lowest BCUT2D eigenvalue weighted by Gasteiger charge is -2.41. The lowest BCUT2D eigenvalue weighted by Crippen LogP contribution is -2.52. The first-order valence-corrected chi connectivity index (χ1v) is 7.78. The molecule has 0 amide bonds. The van der Waals surface area contributed by atoms with E-state index < -0.39 is 0 Å². The zero-order chi connectivity index (χ0) is 16.1. The zero-order valence-corrected chi connectivity index (χ0v) is 13.6. The smallest absolute Gasteiger partial charge is 0.351 e. The van der Waals surface area contributed by atoms with Crippen molar-refractivity contribution in [3.05, 3.63) is 22.7 Å². The number of methoxy groups -OCH3 is 1. The van der Waals surface area contributed by atoms with Gasteiger partial charge in [0.15, 0.2) is 6.23 Å². The Labute approximate surface area is 131 Å². The van der Waals surface area contributed by atoms with Crippen molar-refractivity contribution in [3.63, 3.8) is 0 Å². The van der Waals surface area contributed by atoms with Crippen molar-refractivity contribution in [2.24, 2.45) is 0 Å². The van der Waals surface area contributed by atoms with Crippen LogP contribution in [0.5, 0.6) is 0 Å². The third-order valence-corrected chi connectivity index (χ3v) is 4.02. The molecule has 0 radical (unpaired) electrons. The summed E-state index contributed by atoms with van der Waals surface area (Å²) in [6.07, 6.45) is 3.46. The van der Waals surface area contributed by atoms with Crippen LogP contribution in [0, 0.1) is 0 Å². The van der Waals surface area contributed by atoms with Gasteiger partial charge >= 0.3 is 5.69 Å². The third kappa shape index (κ3) is 4.06. The van der Waals surface area contributed by atoms with Crippen molar-refractivity contribution < 1.29 is 9.47 Å². The Kier molecular flexibility index (Phi) is 5.93. The Bertz CT molecular complexity index is 534. The van der Waals surface area contributed by atoms with Crippen LogP contribution in [0.3, 0.4) is 0 Å². The van der Waals surface area contributed by atoms with Crippen LogP contribution >= 0.6 is 0 Å². The molecule has 0 saturated carbocycles. The topological polar surface area (TPSA) is 82.6 Å². The monoisotopic (exact) mass is 310 g/mol. The summed E-state index contributed by atoms with van der Waals surface area (Å²) >= 11 is 0. The Balaban J connectivity index is 2.19. The maximum absolute atomic E-state index is 12.0. The van der Waals surface area contributed by atoms with Crippen LogP contribution in [0.15, 0.2) is 17.1 Å². The summed E-state index contributed by atoms with van der Waals surface area (Å²) in [5.74, 6) is 0.224. The molecule has 7 nitrogen and oxygen atoms in total. The van der Waals surface area contributed by atoms with Crippen molar-refractivity contribution in [2.75, 3.05) is 32.5 Å². The largest absolute Gasteiger partial charge is 0.383 e. The highest BCUT2D eigenvalue weighted by molar-refractivity contribution is 5.23. The summed E-state index contributed by atoms with van der Waals surface area (Å²) in [6, 6.07) is 2.05. The van der Waals surface area contributed by atoms with Gasteiger partial charge in [0, 0.05) is 32.4 Å². The van der Waals surface area contributed by atoms with Crippen molar-refractivity contribution in [1.82, 2.24) is 14.5 Å². The van der Waals surface area contributed by atoms with Crippen LogP contribution in [-0.2, 0) is 9.47 Å². The van der Waals surface area contributed by atoms with Crippen LogP contribution in [0.1, 0.15) is 32.9 Å². The minimum atomic E-state index is -0.383. The maximum atomic E-state index is 12.0. The van der Waals surface area contributed by atoms with E-state index in [2.05, 4.69) is 23.7 Å². The van der Waals surface area contributed by atoms with Crippen molar-refractivity contribution >= 4 is 5.82 Å². The number of aromatic nitrogens is 2. The number of nitrogens with zero attached hydrogens (tertiary/aromatic N) is 3. The minimum Gasteiger partial charge on any atom is -0.383 e. The van der Waals surface area contributed by atoms with E-state index in [0.717, 1.165) is 19.4 Å². The molecule has 124 valence electrons. The Hall–Kier alpha value is -1.44. The summed E-state index contributed by atoms with van der Waals surface area (Å²) < 4.78 is 12.7. The quantitative estimate of drug-likeness (QED) is 0.839. The summed E-state index contributed by atoms with van der Waals surface area (Å²) in [7, 11) is 1.66. The fraction of sp³-hybridized carbons (Fsp3) is 0.733. The van der Waals surface area contributed by atoms with E-state index in [1.807, 2.05) is 0 Å². The summed E-state index contributed by atoms with van der Waals surface area (Å²) in [6.45, 7) is 6.35. The lowest BCUT2D eigenvalue weighted by molar-refractivity contribution is -0.147. The molecular weight excluding hydrogens is 284 g/mol. The summed E-state index contributed by atoms with van der Waals surface area (Å²) in [4.78, 5) is 18.2. The molecule has 3 unspecified atom stereocenters. The van der Waals surface area contributed by atoms with E-state index in [4.69, 9.17) is 15.2 Å². The van der Waals surface area contributed by atoms with Crippen LogP contribution < -0.4 is 11.4 Å². The number of anilines is 1. The standard InChI is InChI=1S/C15H26N4O3/c1-4-5-11(2)18-8-12(10-21-3)22-14(9-18)19-7-6-13(16)17-15(19)20/h6-7,11-12,14H,4-5,8-10H2,1-3H3,(H2,16,17,20). The normalized spacial score (nSPS) is 24.3. The van der Waals surface area contributed by atoms with Gasteiger partial charge in [-0.15, -0.1) is 0 Å². The third-order valence-electron chi connectivity index (χ3n) is 4.02. The van der Waals surface area contributed by atoms with E-state index in [1.54, 1.807) is 19.4 Å². The second kappa shape index (κ2) is 7.71. The van der Waals surface area contributed by atoms with Gasteiger partial charge < -0.3 is 15.2 Å². The number of rotatable bonds is 6. The van der Waals surface area contributed by atoms with Crippen LogP contribution in [0.25, 0.3) is 0 Å². The van der Waals surface area contributed by atoms with Gasteiger partial charge in [-0.25, -0.2) is 4.79 Å². The highest BCUT2D eigenvalue weighted by Crippen LogP contribution is 2.22.